The number of hydrogen-bond donors (Lipinski definition) is 1. The van der Waals surface area contributed by atoms with E-state index < -0.39 is 17.8 Å². The number of nitrogens with zero attached hydrogens (tertiary/aromatic N) is 1. The van der Waals surface area contributed by atoms with E-state index in [1.165, 1.54) is 6.08 Å². The first-order chi connectivity index (χ1) is 14.8. The monoisotopic (exact) mass is 532 g/mol. The van der Waals surface area contributed by atoms with E-state index in [1.54, 1.807) is 42.5 Å². The molecule has 1 fully saturated rings. The smallest absolute Gasteiger partial charge is 0.335 e. The Hall–Kier alpha value is -3.14. The van der Waals surface area contributed by atoms with Crippen molar-refractivity contribution in [2.24, 2.45) is 0 Å². The van der Waals surface area contributed by atoms with Gasteiger partial charge in [-0.05, 0) is 72.3 Å². The average Bonchev–Trinajstić information content (AvgIpc) is 2.72. The van der Waals surface area contributed by atoms with Gasteiger partial charge in [-0.15, -0.1) is 0 Å². The number of halogens is 1. The van der Waals surface area contributed by atoms with Crippen molar-refractivity contribution < 1.29 is 23.9 Å². The summed E-state index contributed by atoms with van der Waals surface area (Å²) >= 11 is 2.10. The predicted molar refractivity (Wildman–Crippen MR) is 126 cm³/mol. The highest BCUT2D eigenvalue weighted by Gasteiger charge is 2.36. The van der Waals surface area contributed by atoms with Crippen molar-refractivity contribution in [3.8, 4) is 11.5 Å². The van der Waals surface area contributed by atoms with E-state index in [0.717, 1.165) is 14.0 Å². The highest BCUT2D eigenvalue weighted by atomic mass is 127. The highest BCUT2D eigenvalue weighted by molar-refractivity contribution is 14.1. The van der Waals surface area contributed by atoms with E-state index in [0.29, 0.717) is 36.0 Å². The maximum absolute atomic E-state index is 13.0. The second kappa shape index (κ2) is 9.78. The third kappa shape index (κ3) is 4.96. The van der Waals surface area contributed by atoms with Gasteiger partial charge in [0.2, 0.25) is 0 Å². The van der Waals surface area contributed by atoms with Crippen LogP contribution in [0.4, 0.5) is 10.5 Å². The molecule has 0 spiro atoms. The fourth-order valence-corrected chi connectivity index (χ4v) is 3.75. The van der Waals surface area contributed by atoms with Crippen molar-refractivity contribution >= 4 is 52.2 Å². The molecule has 1 heterocycles. The van der Waals surface area contributed by atoms with Crippen LogP contribution in [0.1, 0.15) is 18.1 Å². The molecule has 160 valence electrons. The second-order valence-electron chi connectivity index (χ2n) is 6.66. The van der Waals surface area contributed by atoms with Crippen molar-refractivity contribution in [1.29, 1.82) is 0 Å². The molecule has 2 aromatic carbocycles. The number of hydrogen-bond acceptors (Lipinski definition) is 5. The van der Waals surface area contributed by atoms with Crippen LogP contribution in [0.15, 0.2) is 54.6 Å². The molecule has 0 aromatic heterocycles. The fraction of sp³-hybridized carbons (Fsp3) is 0.174. The van der Waals surface area contributed by atoms with Gasteiger partial charge in [-0.2, -0.15) is 0 Å². The molecule has 1 aliphatic rings. The molecule has 4 amide bonds. The van der Waals surface area contributed by atoms with Gasteiger partial charge in [-0.3, -0.25) is 14.9 Å². The van der Waals surface area contributed by atoms with Gasteiger partial charge in [-0.25, -0.2) is 9.69 Å². The lowest BCUT2D eigenvalue weighted by Gasteiger charge is -2.26. The van der Waals surface area contributed by atoms with Gasteiger partial charge in [0, 0.05) is 0 Å². The molecule has 31 heavy (non-hydrogen) atoms. The Morgan fingerprint density at radius 2 is 1.84 bits per heavy atom. The molecule has 8 heteroatoms. The van der Waals surface area contributed by atoms with E-state index in [1.807, 2.05) is 13.8 Å². The Bertz CT molecular complexity index is 1080. The molecule has 0 atom stereocenters. The van der Waals surface area contributed by atoms with Crippen molar-refractivity contribution in [1.82, 2.24) is 5.32 Å². The Morgan fingerprint density at radius 1 is 1.13 bits per heavy atom. The topological polar surface area (TPSA) is 84.9 Å². The molecule has 2 aromatic rings. The van der Waals surface area contributed by atoms with Gasteiger partial charge < -0.3 is 9.47 Å². The predicted octanol–water partition coefficient (Wildman–Crippen LogP) is 4.23. The molecule has 0 bridgehead atoms. The number of urea groups is 1. The summed E-state index contributed by atoms with van der Waals surface area (Å²) in [6.45, 7) is 8.11. The van der Waals surface area contributed by atoms with E-state index in [4.69, 9.17) is 9.47 Å². The summed E-state index contributed by atoms with van der Waals surface area (Å²) in [6.07, 6.45) is 3.07. The minimum absolute atomic E-state index is 0.154. The summed E-state index contributed by atoms with van der Waals surface area (Å²) in [7, 11) is 0. The fourth-order valence-electron chi connectivity index (χ4n) is 2.97. The first-order valence-electron chi connectivity index (χ1n) is 9.53. The zero-order valence-corrected chi connectivity index (χ0v) is 19.3. The number of benzene rings is 2. The standard InChI is InChI=1S/C23H21IN2O5/c1-4-10-31-20-18(24)12-15(13-19(20)30-5-2)11-17-21(27)25-23(29)26(22(17)28)16-8-6-14(3)7-9-16/h4,6-9,11-13H,1,5,10H2,2-3H3,(H,25,27,29)/b17-11+. The normalized spacial score (nSPS) is 15.1. The number of amides is 4. The number of nitrogens with one attached hydrogen (secondary N) is 1. The molecule has 0 aliphatic carbocycles. The van der Waals surface area contributed by atoms with Gasteiger partial charge in [0.05, 0.1) is 15.9 Å². The SMILES string of the molecule is C=CCOc1c(I)cc(/C=C2\C(=O)NC(=O)N(c3ccc(C)cc3)C2=O)cc1OCC. The number of carbonyl (C=O) groups is 3. The first kappa shape index (κ1) is 22.5. The molecule has 7 nitrogen and oxygen atoms in total. The van der Waals surface area contributed by atoms with E-state index in [2.05, 4.69) is 34.5 Å². The van der Waals surface area contributed by atoms with Crippen LogP contribution in [-0.4, -0.2) is 31.1 Å². The van der Waals surface area contributed by atoms with Gasteiger partial charge in [0.15, 0.2) is 11.5 Å². The Morgan fingerprint density at radius 3 is 2.48 bits per heavy atom. The third-order valence-corrected chi connectivity index (χ3v) is 5.18. The van der Waals surface area contributed by atoms with Gasteiger partial charge >= 0.3 is 6.03 Å². The first-order valence-corrected chi connectivity index (χ1v) is 10.6. The number of aryl methyl sites for hydroxylation is 1. The van der Waals surface area contributed by atoms with Crippen LogP contribution in [0.5, 0.6) is 11.5 Å². The molecule has 1 saturated heterocycles. The van der Waals surface area contributed by atoms with Gasteiger partial charge in [-0.1, -0.05) is 30.4 Å². The van der Waals surface area contributed by atoms with E-state index in [9.17, 15) is 14.4 Å². The lowest BCUT2D eigenvalue weighted by atomic mass is 10.1. The summed E-state index contributed by atoms with van der Waals surface area (Å²) < 4.78 is 12.1. The highest BCUT2D eigenvalue weighted by Crippen LogP contribution is 2.35. The molecule has 3 rings (SSSR count). The van der Waals surface area contributed by atoms with Gasteiger partial charge in [0.1, 0.15) is 12.2 Å². The van der Waals surface area contributed by atoms with E-state index in [-0.39, 0.29) is 5.57 Å². The second-order valence-corrected chi connectivity index (χ2v) is 7.82. The number of rotatable bonds is 7. The number of barbiturate groups is 1. The minimum atomic E-state index is -0.784. The molecular weight excluding hydrogens is 511 g/mol. The maximum atomic E-state index is 13.0. The molecule has 0 radical (unpaired) electrons. The number of imide groups is 2. The molecule has 1 N–H and O–H groups in total. The zero-order valence-electron chi connectivity index (χ0n) is 17.1. The summed E-state index contributed by atoms with van der Waals surface area (Å²) in [4.78, 5) is 38.8. The molecule has 0 saturated carbocycles. The summed E-state index contributed by atoms with van der Waals surface area (Å²) in [5.74, 6) is -0.408. The maximum Gasteiger partial charge on any atom is 0.335 e. The van der Waals surface area contributed by atoms with E-state index >= 15 is 0 Å². The van der Waals surface area contributed by atoms with Crippen LogP contribution in [-0.2, 0) is 9.59 Å². The van der Waals surface area contributed by atoms with Crippen molar-refractivity contribution in [3.05, 3.63) is 69.3 Å². The van der Waals surface area contributed by atoms with Crippen LogP contribution >= 0.6 is 22.6 Å². The van der Waals surface area contributed by atoms with Crippen molar-refractivity contribution in [3.63, 3.8) is 0 Å². The summed E-state index contributed by atoms with van der Waals surface area (Å²) in [5, 5.41) is 2.23. The van der Waals surface area contributed by atoms with Crippen LogP contribution in [0, 0.1) is 10.5 Å². The zero-order chi connectivity index (χ0) is 22.5. The number of ether oxygens (including phenoxy) is 2. The van der Waals surface area contributed by atoms with Gasteiger partial charge in [0.25, 0.3) is 11.8 Å². The van der Waals surface area contributed by atoms with Crippen molar-refractivity contribution in [2.45, 2.75) is 13.8 Å². The van der Waals surface area contributed by atoms with Crippen LogP contribution in [0.2, 0.25) is 0 Å². The lowest BCUT2D eigenvalue weighted by molar-refractivity contribution is -0.122. The lowest BCUT2D eigenvalue weighted by Crippen LogP contribution is -2.54. The van der Waals surface area contributed by atoms with Crippen molar-refractivity contribution in [2.75, 3.05) is 18.1 Å². The summed E-state index contributed by atoms with van der Waals surface area (Å²) in [6, 6.07) is 9.55. The quantitative estimate of drug-likeness (QED) is 0.250. The third-order valence-electron chi connectivity index (χ3n) is 4.38. The Kier molecular flexibility index (Phi) is 7.11. The number of anilines is 1. The largest absolute Gasteiger partial charge is 0.490 e. The minimum Gasteiger partial charge on any atom is -0.490 e. The van der Waals surface area contributed by atoms with Crippen LogP contribution < -0.4 is 19.7 Å². The summed E-state index contributed by atoms with van der Waals surface area (Å²) in [5.41, 5.74) is 1.77. The van der Waals surface area contributed by atoms with Crippen LogP contribution in [0.3, 0.4) is 0 Å². The average molecular weight is 532 g/mol. The molecule has 0 unspecified atom stereocenters. The number of carbonyl (C=O) groups excluding carboxylic acids is 3. The van der Waals surface area contributed by atoms with Crippen LogP contribution in [0.25, 0.3) is 6.08 Å². The Labute approximate surface area is 193 Å². The molecule has 1 aliphatic heterocycles. The molecular formula is C23H21IN2O5. The Balaban J connectivity index is 2.01.